The molecule has 0 aliphatic heterocycles. The molecule has 0 spiro atoms. The van der Waals surface area contributed by atoms with Gasteiger partial charge in [0.05, 0.1) is 7.11 Å². The molecule has 162 valence electrons. The maximum atomic E-state index is 12.9. The molecule has 0 bridgehead atoms. The fourth-order valence-corrected chi connectivity index (χ4v) is 3.89. The van der Waals surface area contributed by atoms with Crippen molar-refractivity contribution in [1.29, 1.82) is 0 Å². The summed E-state index contributed by atoms with van der Waals surface area (Å²) in [6.45, 7) is 3.45. The van der Waals surface area contributed by atoms with Gasteiger partial charge in [-0.3, -0.25) is 14.2 Å². The first-order valence-corrected chi connectivity index (χ1v) is 10.3. The number of benzene rings is 3. The largest absolute Gasteiger partial charge is 0.497 e. The van der Waals surface area contributed by atoms with Gasteiger partial charge in [-0.05, 0) is 71.8 Å². The van der Waals surface area contributed by atoms with E-state index in [0.29, 0.717) is 28.1 Å². The lowest BCUT2D eigenvalue weighted by Gasteiger charge is -2.09. The van der Waals surface area contributed by atoms with E-state index >= 15 is 0 Å². The van der Waals surface area contributed by atoms with Crippen molar-refractivity contribution in [2.24, 2.45) is 0 Å². The molecule has 0 aliphatic rings. The number of ether oxygens (including phenoxy) is 1. The normalized spacial score (nSPS) is 10.9. The van der Waals surface area contributed by atoms with Crippen LogP contribution in [-0.4, -0.2) is 17.6 Å². The van der Waals surface area contributed by atoms with Gasteiger partial charge in [0.25, 0.3) is 5.56 Å². The van der Waals surface area contributed by atoms with E-state index in [9.17, 15) is 9.59 Å². The summed E-state index contributed by atoms with van der Waals surface area (Å²) < 4.78 is 12.9. The highest BCUT2D eigenvalue weighted by molar-refractivity contribution is 6.05. The fourth-order valence-electron chi connectivity index (χ4n) is 3.89. The summed E-state index contributed by atoms with van der Waals surface area (Å²) in [5.74, 6) is 0.490. The molecule has 0 fully saturated rings. The Kier molecular flexibility index (Phi) is 5.03. The SMILES string of the molecule is C=CC(=O)Nc1ccc(-n2c(=O)ccc3oc4ccc(-c5ccc(OC)cc5)cc4c32)cc1. The number of anilines is 1. The number of amides is 1. The van der Waals surface area contributed by atoms with Gasteiger partial charge in [0.15, 0.2) is 5.58 Å². The summed E-state index contributed by atoms with van der Waals surface area (Å²) in [6, 6.07) is 24.0. The number of fused-ring (bicyclic) bond motifs is 3. The van der Waals surface area contributed by atoms with Crippen LogP contribution in [0.1, 0.15) is 0 Å². The number of aromatic nitrogens is 1. The first kappa shape index (κ1) is 20.3. The molecule has 5 rings (SSSR count). The number of rotatable bonds is 5. The topological polar surface area (TPSA) is 73.5 Å². The average molecular weight is 436 g/mol. The summed E-state index contributed by atoms with van der Waals surface area (Å²) >= 11 is 0. The molecule has 0 unspecified atom stereocenters. The Morgan fingerprint density at radius 1 is 0.939 bits per heavy atom. The molecule has 0 aliphatic carbocycles. The Hall–Kier alpha value is -4.58. The van der Waals surface area contributed by atoms with Crippen LogP contribution < -0.4 is 15.6 Å². The Labute approximate surface area is 189 Å². The molecule has 33 heavy (non-hydrogen) atoms. The molecule has 2 heterocycles. The maximum absolute atomic E-state index is 12.9. The van der Waals surface area contributed by atoms with Crippen molar-refractivity contribution in [2.45, 2.75) is 0 Å². The van der Waals surface area contributed by atoms with Gasteiger partial charge in [-0.25, -0.2) is 0 Å². The van der Waals surface area contributed by atoms with Crippen LogP contribution in [0.25, 0.3) is 38.9 Å². The second-order valence-electron chi connectivity index (χ2n) is 7.50. The Morgan fingerprint density at radius 2 is 1.64 bits per heavy atom. The third kappa shape index (κ3) is 3.68. The number of furan rings is 1. The van der Waals surface area contributed by atoms with Crippen molar-refractivity contribution in [1.82, 2.24) is 4.57 Å². The van der Waals surface area contributed by atoms with Crippen LogP contribution in [0.4, 0.5) is 5.69 Å². The molecule has 2 aromatic heterocycles. The highest BCUT2D eigenvalue weighted by Crippen LogP contribution is 2.33. The number of nitrogens with zero attached hydrogens (tertiary/aromatic N) is 1. The zero-order chi connectivity index (χ0) is 22.9. The van der Waals surface area contributed by atoms with Crippen molar-refractivity contribution in [2.75, 3.05) is 12.4 Å². The summed E-state index contributed by atoms with van der Waals surface area (Å²) in [5, 5.41) is 3.54. The lowest BCUT2D eigenvalue weighted by Crippen LogP contribution is -2.17. The van der Waals surface area contributed by atoms with Crippen molar-refractivity contribution in [3.63, 3.8) is 0 Å². The molecular weight excluding hydrogens is 416 g/mol. The van der Waals surface area contributed by atoms with Gasteiger partial charge in [0, 0.05) is 22.8 Å². The van der Waals surface area contributed by atoms with Crippen LogP contribution in [0.2, 0.25) is 0 Å². The number of hydrogen-bond donors (Lipinski definition) is 1. The summed E-state index contributed by atoms with van der Waals surface area (Å²) in [5.41, 5.74) is 5.12. The minimum Gasteiger partial charge on any atom is -0.497 e. The van der Waals surface area contributed by atoms with Gasteiger partial charge in [0.2, 0.25) is 5.91 Å². The van der Waals surface area contributed by atoms with E-state index in [1.807, 2.05) is 42.5 Å². The first-order valence-electron chi connectivity index (χ1n) is 10.3. The molecule has 0 radical (unpaired) electrons. The summed E-state index contributed by atoms with van der Waals surface area (Å²) in [6.07, 6.45) is 1.21. The number of pyridine rings is 1. The molecule has 0 saturated heterocycles. The lowest BCUT2D eigenvalue weighted by molar-refractivity contribution is -0.111. The molecular formula is C27H20N2O4. The maximum Gasteiger partial charge on any atom is 0.255 e. The molecule has 1 amide bonds. The number of hydrogen-bond acceptors (Lipinski definition) is 4. The van der Waals surface area contributed by atoms with E-state index in [4.69, 9.17) is 9.15 Å². The van der Waals surface area contributed by atoms with E-state index in [-0.39, 0.29) is 11.5 Å². The average Bonchev–Trinajstić information content (AvgIpc) is 3.22. The quantitative estimate of drug-likeness (QED) is 0.367. The van der Waals surface area contributed by atoms with E-state index in [1.165, 1.54) is 12.1 Å². The fraction of sp³-hybridized carbons (Fsp3) is 0.0370. The van der Waals surface area contributed by atoms with E-state index in [2.05, 4.69) is 11.9 Å². The highest BCUT2D eigenvalue weighted by atomic mass is 16.5. The van der Waals surface area contributed by atoms with Crippen molar-refractivity contribution < 1.29 is 13.9 Å². The Morgan fingerprint density at radius 3 is 2.33 bits per heavy atom. The smallest absolute Gasteiger partial charge is 0.255 e. The lowest BCUT2D eigenvalue weighted by atomic mass is 10.0. The van der Waals surface area contributed by atoms with Crippen molar-refractivity contribution >= 4 is 33.7 Å². The second-order valence-corrected chi connectivity index (χ2v) is 7.50. The van der Waals surface area contributed by atoms with Crippen LogP contribution in [0, 0.1) is 0 Å². The van der Waals surface area contributed by atoms with E-state index in [1.54, 1.807) is 42.0 Å². The number of carbonyl (C=O) groups excluding carboxylic acids is 1. The van der Waals surface area contributed by atoms with Crippen LogP contribution in [0.15, 0.2) is 101 Å². The van der Waals surface area contributed by atoms with Crippen molar-refractivity contribution in [3.05, 3.63) is 102 Å². The van der Waals surface area contributed by atoms with Crippen LogP contribution in [0.5, 0.6) is 5.75 Å². The molecule has 6 nitrogen and oxygen atoms in total. The van der Waals surface area contributed by atoms with Crippen LogP contribution in [0.3, 0.4) is 0 Å². The van der Waals surface area contributed by atoms with Crippen molar-refractivity contribution in [3.8, 4) is 22.6 Å². The van der Waals surface area contributed by atoms with Crippen LogP contribution >= 0.6 is 0 Å². The minimum atomic E-state index is -0.297. The molecule has 6 heteroatoms. The van der Waals surface area contributed by atoms with Crippen LogP contribution in [-0.2, 0) is 4.79 Å². The summed E-state index contributed by atoms with van der Waals surface area (Å²) in [4.78, 5) is 24.5. The predicted octanol–water partition coefficient (Wildman–Crippen LogP) is 5.54. The third-order valence-corrected chi connectivity index (χ3v) is 5.51. The van der Waals surface area contributed by atoms with Gasteiger partial charge in [-0.15, -0.1) is 0 Å². The van der Waals surface area contributed by atoms with Gasteiger partial charge < -0.3 is 14.5 Å². The second kappa shape index (κ2) is 8.16. The molecule has 5 aromatic rings. The predicted molar refractivity (Wildman–Crippen MR) is 130 cm³/mol. The number of methoxy groups -OCH3 is 1. The van der Waals surface area contributed by atoms with E-state index in [0.717, 1.165) is 22.3 Å². The molecule has 3 aromatic carbocycles. The zero-order valence-electron chi connectivity index (χ0n) is 17.9. The number of nitrogens with one attached hydrogen (secondary N) is 1. The van der Waals surface area contributed by atoms with Gasteiger partial charge in [-0.2, -0.15) is 0 Å². The van der Waals surface area contributed by atoms with Gasteiger partial charge in [-0.1, -0.05) is 24.8 Å². The van der Waals surface area contributed by atoms with Gasteiger partial charge >= 0.3 is 0 Å². The van der Waals surface area contributed by atoms with Gasteiger partial charge in [0.1, 0.15) is 16.8 Å². The molecule has 0 atom stereocenters. The first-order chi connectivity index (χ1) is 16.1. The summed E-state index contributed by atoms with van der Waals surface area (Å²) in [7, 11) is 1.64. The Balaban J connectivity index is 1.67. The number of carbonyl (C=O) groups is 1. The molecule has 0 saturated carbocycles. The Bertz CT molecular complexity index is 1560. The monoisotopic (exact) mass is 436 g/mol. The highest BCUT2D eigenvalue weighted by Gasteiger charge is 2.15. The standard InChI is InChI=1S/C27H20N2O4/c1-3-25(30)28-19-7-9-20(10-8-19)29-26(31)15-14-24-27(29)22-16-18(6-13-23(22)33-24)17-4-11-21(32-2)12-5-17/h3-16H,1H2,2H3,(H,28,30). The molecule has 1 N–H and O–H groups in total. The zero-order valence-corrected chi connectivity index (χ0v) is 17.9. The van der Waals surface area contributed by atoms with E-state index < -0.39 is 0 Å². The third-order valence-electron chi connectivity index (χ3n) is 5.51. The minimum absolute atomic E-state index is 0.178.